The van der Waals surface area contributed by atoms with Crippen molar-refractivity contribution in [3.8, 4) is 0 Å². The predicted molar refractivity (Wildman–Crippen MR) is 101 cm³/mol. The number of hydrogen-bond donors (Lipinski definition) is 0. The molecule has 1 aliphatic heterocycles. The first-order chi connectivity index (χ1) is 13.6. The summed E-state index contributed by atoms with van der Waals surface area (Å²) in [5, 5.41) is 11.5. The maximum Gasteiger partial charge on any atom is 0.311 e. The Morgan fingerprint density at radius 3 is 2.31 bits per heavy atom. The van der Waals surface area contributed by atoms with Crippen LogP contribution in [0.2, 0.25) is 0 Å². The lowest BCUT2D eigenvalue weighted by molar-refractivity contribution is -0.387. The van der Waals surface area contributed by atoms with E-state index in [2.05, 4.69) is 0 Å². The fourth-order valence-electron chi connectivity index (χ4n) is 3.23. The van der Waals surface area contributed by atoms with Crippen molar-refractivity contribution in [1.82, 2.24) is 4.90 Å². The second-order valence-corrected chi connectivity index (χ2v) is 8.54. The molecule has 1 heterocycles. The number of anilines is 1. The van der Waals surface area contributed by atoms with Gasteiger partial charge in [0.25, 0.3) is 5.91 Å². The number of carbonyl (C=O) groups is 1. The van der Waals surface area contributed by atoms with E-state index in [0.717, 1.165) is 18.4 Å². The highest BCUT2D eigenvalue weighted by molar-refractivity contribution is 7.90. The Balaban J connectivity index is 1.83. The third-order valence-electron chi connectivity index (χ3n) is 4.63. The lowest BCUT2D eigenvalue weighted by atomic mass is 10.1. The number of para-hydroxylation sites is 1. The average Bonchev–Trinajstić information content (AvgIpc) is 2.66. The molecule has 2 aromatic carbocycles. The van der Waals surface area contributed by atoms with Crippen molar-refractivity contribution in [1.29, 1.82) is 0 Å². The van der Waals surface area contributed by atoms with E-state index in [4.69, 9.17) is 0 Å². The van der Waals surface area contributed by atoms with E-state index in [1.54, 1.807) is 4.90 Å². The van der Waals surface area contributed by atoms with Crippen LogP contribution in [0.3, 0.4) is 0 Å². The summed E-state index contributed by atoms with van der Waals surface area (Å²) in [6, 6.07) is 6.73. The SMILES string of the molecule is CS(=O)(=O)c1cccc(N2CCN(C(=O)c3ccc(F)cc3F)CC2)c1[N+](=O)[O-]. The van der Waals surface area contributed by atoms with Gasteiger partial charge in [-0.15, -0.1) is 0 Å². The first kappa shape index (κ1) is 20.6. The highest BCUT2D eigenvalue weighted by Gasteiger charge is 2.31. The summed E-state index contributed by atoms with van der Waals surface area (Å²) < 4.78 is 50.7. The largest absolute Gasteiger partial charge is 0.362 e. The molecular formula is C18H17F2N3O5S. The number of amides is 1. The van der Waals surface area contributed by atoms with Crippen LogP contribution in [0.25, 0.3) is 0 Å². The van der Waals surface area contributed by atoms with Crippen LogP contribution in [0.5, 0.6) is 0 Å². The minimum Gasteiger partial charge on any atom is -0.362 e. The van der Waals surface area contributed by atoms with Crippen LogP contribution in [-0.2, 0) is 9.84 Å². The first-order valence-electron chi connectivity index (χ1n) is 8.56. The number of nitrogens with zero attached hydrogens (tertiary/aromatic N) is 3. The molecule has 0 atom stereocenters. The third-order valence-corrected chi connectivity index (χ3v) is 5.76. The van der Waals surface area contributed by atoms with Crippen LogP contribution in [0.1, 0.15) is 10.4 Å². The summed E-state index contributed by atoms with van der Waals surface area (Å²) in [6.45, 7) is 0.636. The molecule has 11 heteroatoms. The Bertz CT molecular complexity index is 1080. The van der Waals surface area contributed by atoms with Gasteiger partial charge in [-0.3, -0.25) is 14.9 Å². The zero-order valence-corrected chi connectivity index (χ0v) is 16.2. The van der Waals surface area contributed by atoms with Gasteiger partial charge < -0.3 is 9.80 Å². The van der Waals surface area contributed by atoms with Crippen LogP contribution >= 0.6 is 0 Å². The Morgan fingerprint density at radius 2 is 1.76 bits per heavy atom. The molecule has 1 fully saturated rings. The molecular weight excluding hydrogens is 408 g/mol. The zero-order valence-electron chi connectivity index (χ0n) is 15.3. The number of benzene rings is 2. The molecule has 1 saturated heterocycles. The van der Waals surface area contributed by atoms with Gasteiger partial charge in [-0.2, -0.15) is 0 Å². The van der Waals surface area contributed by atoms with Gasteiger partial charge >= 0.3 is 5.69 Å². The van der Waals surface area contributed by atoms with Gasteiger partial charge in [0.05, 0.1) is 10.5 Å². The molecule has 0 N–H and O–H groups in total. The monoisotopic (exact) mass is 425 g/mol. The summed E-state index contributed by atoms with van der Waals surface area (Å²) in [6.07, 6.45) is 0.896. The fourth-order valence-corrected chi connectivity index (χ4v) is 4.09. The number of rotatable bonds is 4. The molecule has 3 rings (SSSR count). The van der Waals surface area contributed by atoms with Crippen molar-refractivity contribution in [2.75, 3.05) is 37.3 Å². The van der Waals surface area contributed by atoms with E-state index in [9.17, 15) is 32.1 Å². The maximum atomic E-state index is 13.9. The first-order valence-corrected chi connectivity index (χ1v) is 10.5. The minimum atomic E-state index is -3.81. The van der Waals surface area contributed by atoms with Crippen LogP contribution < -0.4 is 4.90 Å². The second kappa shape index (κ2) is 7.74. The molecule has 29 heavy (non-hydrogen) atoms. The molecule has 1 aliphatic rings. The Labute approximate surface area is 165 Å². The number of sulfone groups is 1. The standard InChI is InChI=1S/C18H17F2N3O5S/c1-29(27,28)16-4-2-3-15(17(16)23(25)26)21-7-9-22(10-8-21)18(24)13-6-5-12(19)11-14(13)20/h2-6,11H,7-10H2,1H3. The Morgan fingerprint density at radius 1 is 1.10 bits per heavy atom. The number of hydrogen-bond acceptors (Lipinski definition) is 6. The van der Waals surface area contributed by atoms with Crippen molar-refractivity contribution in [3.05, 3.63) is 63.7 Å². The van der Waals surface area contributed by atoms with Crippen LogP contribution in [0.4, 0.5) is 20.2 Å². The molecule has 0 aliphatic carbocycles. The van der Waals surface area contributed by atoms with E-state index in [1.807, 2.05) is 0 Å². The molecule has 0 unspecified atom stereocenters. The Hall–Kier alpha value is -3.08. The van der Waals surface area contributed by atoms with E-state index < -0.39 is 38.0 Å². The van der Waals surface area contributed by atoms with Gasteiger partial charge in [0, 0.05) is 38.5 Å². The summed E-state index contributed by atoms with van der Waals surface area (Å²) >= 11 is 0. The smallest absolute Gasteiger partial charge is 0.311 e. The molecule has 0 aromatic heterocycles. The van der Waals surface area contributed by atoms with Crippen molar-refractivity contribution in [3.63, 3.8) is 0 Å². The number of nitro groups is 1. The van der Waals surface area contributed by atoms with Gasteiger partial charge in [0.15, 0.2) is 9.84 Å². The van der Waals surface area contributed by atoms with E-state index in [0.29, 0.717) is 6.07 Å². The molecule has 8 nitrogen and oxygen atoms in total. The molecule has 1 amide bonds. The van der Waals surface area contributed by atoms with Crippen LogP contribution in [-0.4, -0.2) is 56.6 Å². The molecule has 2 aromatic rings. The van der Waals surface area contributed by atoms with Crippen molar-refractivity contribution in [2.45, 2.75) is 4.90 Å². The fraction of sp³-hybridized carbons (Fsp3) is 0.278. The zero-order chi connectivity index (χ0) is 21.3. The summed E-state index contributed by atoms with van der Waals surface area (Å²) in [4.78, 5) is 25.9. The summed E-state index contributed by atoms with van der Waals surface area (Å²) in [5.74, 6) is -2.36. The normalized spacial score (nSPS) is 14.7. The lowest BCUT2D eigenvalue weighted by Gasteiger charge is -2.36. The van der Waals surface area contributed by atoms with Gasteiger partial charge in [0.1, 0.15) is 22.2 Å². The number of piperazine rings is 1. The van der Waals surface area contributed by atoms with Crippen molar-refractivity contribution >= 4 is 27.1 Å². The van der Waals surface area contributed by atoms with E-state index in [-0.39, 0.29) is 42.3 Å². The van der Waals surface area contributed by atoms with E-state index in [1.165, 1.54) is 23.1 Å². The highest BCUT2D eigenvalue weighted by atomic mass is 32.2. The summed E-state index contributed by atoms with van der Waals surface area (Å²) in [5.41, 5.74) is -0.637. The van der Waals surface area contributed by atoms with Crippen LogP contribution in [0.15, 0.2) is 41.3 Å². The van der Waals surface area contributed by atoms with Crippen molar-refractivity contribution in [2.24, 2.45) is 0 Å². The maximum absolute atomic E-state index is 13.9. The van der Waals surface area contributed by atoms with Gasteiger partial charge in [-0.1, -0.05) is 6.07 Å². The van der Waals surface area contributed by atoms with Gasteiger partial charge in [-0.25, -0.2) is 17.2 Å². The Kier molecular flexibility index (Phi) is 5.51. The molecule has 0 bridgehead atoms. The molecule has 0 radical (unpaired) electrons. The summed E-state index contributed by atoms with van der Waals surface area (Å²) in [7, 11) is -3.81. The molecule has 154 valence electrons. The van der Waals surface area contributed by atoms with Crippen LogP contribution in [0, 0.1) is 21.7 Å². The average molecular weight is 425 g/mol. The van der Waals surface area contributed by atoms with Crippen molar-refractivity contribution < 1.29 is 26.9 Å². The topological polar surface area (TPSA) is 101 Å². The molecule has 0 saturated carbocycles. The molecule has 0 spiro atoms. The van der Waals surface area contributed by atoms with E-state index >= 15 is 0 Å². The predicted octanol–water partition coefficient (Wildman–Crippen LogP) is 2.24. The second-order valence-electron chi connectivity index (χ2n) is 6.56. The highest BCUT2D eigenvalue weighted by Crippen LogP contribution is 2.35. The number of nitro benzene ring substituents is 1. The lowest BCUT2D eigenvalue weighted by Crippen LogP contribution is -2.49. The third kappa shape index (κ3) is 4.19. The van der Waals surface area contributed by atoms with Gasteiger partial charge in [-0.05, 0) is 24.3 Å². The quantitative estimate of drug-likeness (QED) is 0.550. The van der Waals surface area contributed by atoms with Gasteiger partial charge in [0.2, 0.25) is 0 Å². The number of carbonyl (C=O) groups excluding carboxylic acids is 1. The number of halogens is 2. The minimum absolute atomic E-state index is 0.135.